The standard InChI is InChI=1S/C26H41N7O6/c1-15(2)13-20(25(38)39)32-23(36)21-6-4-12-33(21)24(37)19(5-3-11-30-26(28)29)31-22(35)18(27)14-16-7-9-17(34)10-8-16/h7-10,15,18-21,34H,3-6,11-14,27H2,1-2H3,(H,31,35)(H,32,36)(H,38,39)(H4,28,29,30). The summed E-state index contributed by atoms with van der Waals surface area (Å²) in [5.41, 5.74) is 17.6. The molecule has 4 atom stereocenters. The SMILES string of the molecule is CC(C)CC(NC(=O)C1CCCN1C(=O)C(CCCN=C(N)N)NC(=O)C(N)Cc1ccc(O)cc1)C(=O)O. The number of carboxylic acids is 1. The van der Waals surface area contributed by atoms with Crippen LogP contribution in [0.3, 0.4) is 0 Å². The van der Waals surface area contributed by atoms with Crippen LogP contribution in [0.4, 0.5) is 0 Å². The van der Waals surface area contributed by atoms with E-state index < -0.39 is 47.9 Å². The average molecular weight is 548 g/mol. The van der Waals surface area contributed by atoms with Crippen molar-refractivity contribution in [1.82, 2.24) is 15.5 Å². The quantitative estimate of drug-likeness (QED) is 0.0895. The van der Waals surface area contributed by atoms with Crippen LogP contribution >= 0.6 is 0 Å². The first kappa shape index (κ1) is 31.3. The smallest absolute Gasteiger partial charge is 0.326 e. The van der Waals surface area contributed by atoms with E-state index in [4.69, 9.17) is 17.2 Å². The minimum absolute atomic E-state index is 0.0447. The van der Waals surface area contributed by atoms with Crippen LogP contribution < -0.4 is 27.8 Å². The third-order valence-electron chi connectivity index (χ3n) is 6.45. The van der Waals surface area contributed by atoms with Crippen molar-refractivity contribution in [3.63, 3.8) is 0 Å². The number of nitrogens with one attached hydrogen (secondary N) is 2. The van der Waals surface area contributed by atoms with Crippen molar-refractivity contribution in [3.8, 4) is 5.75 Å². The molecule has 1 fully saturated rings. The van der Waals surface area contributed by atoms with Crippen LogP contribution in [0.5, 0.6) is 5.75 Å². The maximum absolute atomic E-state index is 13.6. The molecule has 39 heavy (non-hydrogen) atoms. The lowest BCUT2D eigenvalue weighted by atomic mass is 10.0. The number of hydrogen-bond acceptors (Lipinski definition) is 7. The number of hydrogen-bond donors (Lipinski definition) is 7. The predicted molar refractivity (Wildman–Crippen MR) is 145 cm³/mol. The Hall–Kier alpha value is -3.87. The molecule has 0 saturated carbocycles. The van der Waals surface area contributed by atoms with Crippen LogP contribution in [-0.4, -0.2) is 82.0 Å². The van der Waals surface area contributed by atoms with Gasteiger partial charge in [-0.05, 0) is 62.1 Å². The van der Waals surface area contributed by atoms with E-state index in [1.807, 2.05) is 13.8 Å². The molecule has 13 heteroatoms. The van der Waals surface area contributed by atoms with Crippen molar-refractivity contribution in [2.75, 3.05) is 13.1 Å². The highest BCUT2D eigenvalue weighted by atomic mass is 16.4. The lowest BCUT2D eigenvalue weighted by Gasteiger charge is -2.30. The van der Waals surface area contributed by atoms with Crippen LogP contribution in [0.15, 0.2) is 29.3 Å². The van der Waals surface area contributed by atoms with Crippen LogP contribution in [-0.2, 0) is 25.6 Å². The zero-order valence-corrected chi connectivity index (χ0v) is 22.5. The van der Waals surface area contributed by atoms with Crippen LogP contribution in [0.1, 0.15) is 51.5 Å². The number of aliphatic imine (C=N–C) groups is 1. The van der Waals surface area contributed by atoms with Crippen molar-refractivity contribution in [2.45, 2.75) is 76.5 Å². The number of amides is 3. The normalized spacial score (nSPS) is 17.2. The predicted octanol–water partition coefficient (Wildman–Crippen LogP) is -0.593. The summed E-state index contributed by atoms with van der Waals surface area (Å²) in [6, 6.07) is 2.41. The third kappa shape index (κ3) is 10.1. The molecule has 0 aliphatic carbocycles. The molecule has 0 aromatic heterocycles. The number of guanidine groups is 1. The number of nitrogens with two attached hydrogens (primary N) is 3. The molecular weight excluding hydrogens is 506 g/mol. The minimum atomic E-state index is -1.14. The zero-order chi connectivity index (χ0) is 29.1. The fourth-order valence-electron chi connectivity index (χ4n) is 4.48. The van der Waals surface area contributed by atoms with Crippen LogP contribution in [0.2, 0.25) is 0 Å². The van der Waals surface area contributed by atoms with Gasteiger partial charge in [0.1, 0.15) is 23.9 Å². The molecule has 1 saturated heterocycles. The second-order valence-corrected chi connectivity index (χ2v) is 10.2. The first-order chi connectivity index (χ1) is 18.4. The molecule has 2 rings (SSSR count). The molecule has 0 bridgehead atoms. The summed E-state index contributed by atoms with van der Waals surface area (Å²) in [5, 5.41) is 24.3. The van der Waals surface area contributed by atoms with Crippen molar-refractivity contribution >= 4 is 29.7 Å². The molecule has 1 aliphatic heterocycles. The fraction of sp³-hybridized carbons (Fsp3) is 0.577. The van der Waals surface area contributed by atoms with Crippen molar-refractivity contribution in [2.24, 2.45) is 28.1 Å². The van der Waals surface area contributed by atoms with Gasteiger partial charge in [0, 0.05) is 13.1 Å². The Balaban J connectivity index is 2.14. The topological polar surface area (TPSA) is 226 Å². The maximum atomic E-state index is 13.6. The Bertz CT molecular complexity index is 1030. The Kier molecular flexibility index (Phi) is 12.0. The van der Waals surface area contributed by atoms with Gasteiger partial charge in [-0.25, -0.2) is 4.79 Å². The second-order valence-electron chi connectivity index (χ2n) is 10.2. The van der Waals surface area contributed by atoms with E-state index in [2.05, 4.69) is 15.6 Å². The molecular formula is C26H41N7O6. The summed E-state index contributed by atoms with van der Waals surface area (Å²) in [7, 11) is 0. The van der Waals surface area contributed by atoms with Gasteiger partial charge in [0.25, 0.3) is 0 Å². The van der Waals surface area contributed by atoms with Gasteiger partial charge in [0.05, 0.1) is 6.04 Å². The van der Waals surface area contributed by atoms with Crippen LogP contribution in [0.25, 0.3) is 0 Å². The Morgan fingerprint density at radius 2 is 1.77 bits per heavy atom. The van der Waals surface area contributed by atoms with Gasteiger partial charge in [-0.1, -0.05) is 26.0 Å². The number of aliphatic carboxylic acids is 1. The minimum Gasteiger partial charge on any atom is -0.508 e. The van der Waals surface area contributed by atoms with Gasteiger partial charge in [-0.2, -0.15) is 0 Å². The van der Waals surface area contributed by atoms with Crippen molar-refractivity contribution < 1.29 is 29.4 Å². The van der Waals surface area contributed by atoms with Crippen molar-refractivity contribution in [1.29, 1.82) is 0 Å². The van der Waals surface area contributed by atoms with E-state index in [0.29, 0.717) is 25.8 Å². The number of likely N-dealkylation sites (tertiary alicyclic amines) is 1. The number of aromatic hydroxyl groups is 1. The van der Waals surface area contributed by atoms with Gasteiger partial charge < -0.3 is 42.9 Å². The number of nitrogens with zero attached hydrogens (tertiary/aromatic N) is 2. The van der Waals surface area contributed by atoms with E-state index in [1.54, 1.807) is 12.1 Å². The van der Waals surface area contributed by atoms with E-state index in [9.17, 15) is 29.4 Å². The molecule has 1 aromatic carbocycles. The number of carbonyl (C=O) groups is 4. The average Bonchev–Trinajstić information content (AvgIpc) is 3.36. The van der Waals surface area contributed by atoms with E-state index in [0.717, 1.165) is 5.56 Å². The third-order valence-corrected chi connectivity index (χ3v) is 6.45. The summed E-state index contributed by atoms with van der Waals surface area (Å²) in [6.45, 7) is 4.24. The highest BCUT2D eigenvalue weighted by Gasteiger charge is 2.39. The number of phenolic OH excluding ortho intramolecular Hbond substituents is 1. The maximum Gasteiger partial charge on any atom is 0.326 e. The van der Waals surface area contributed by atoms with E-state index in [-0.39, 0.29) is 43.4 Å². The summed E-state index contributed by atoms with van der Waals surface area (Å²) in [5.74, 6) is -2.65. The molecule has 13 nitrogen and oxygen atoms in total. The monoisotopic (exact) mass is 547 g/mol. The number of benzene rings is 1. The summed E-state index contributed by atoms with van der Waals surface area (Å²) >= 11 is 0. The van der Waals surface area contributed by atoms with Gasteiger partial charge >= 0.3 is 5.97 Å². The summed E-state index contributed by atoms with van der Waals surface area (Å²) in [6.07, 6.45) is 1.94. The second kappa shape index (κ2) is 14.9. The lowest BCUT2D eigenvalue weighted by Crippen LogP contribution is -2.57. The Morgan fingerprint density at radius 3 is 2.36 bits per heavy atom. The molecule has 0 spiro atoms. The highest BCUT2D eigenvalue weighted by molar-refractivity contribution is 5.94. The van der Waals surface area contributed by atoms with Gasteiger partial charge in [-0.3, -0.25) is 19.4 Å². The van der Waals surface area contributed by atoms with Gasteiger partial charge in [0.2, 0.25) is 17.7 Å². The highest BCUT2D eigenvalue weighted by Crippen LogP contribution is 2.21. The number of carboxylic acid groups (broad SMARTS) is 1. The molecule has 3 amide bonds. The molecule has 1 heterocycles. The largest absolute Gasteiger partial charge is 0.508 e. The molecule has 1 aromatic rings. The van der Waals surface area contributed by atoms with E-state index in [1.165, 1.54) is 17.0 Å². The Morgan fingerprint density at radius 1 is 1.10 bits per heavy atom. The van der Waals surface area contributed by atoms with Crippen LogP contribution in [0, 0.1) is 5.92 Å². The van der Waals surface area contributed by atoms with Gasteiger partial charge in [0.15, 0.2) is 5.96 Å². The van der Waals surface area contributed by atoms with Gasteiger partial charge in [-0.15, -0.1) is 0 Å². The fourth-order valence-corrected chi connectivity index (χ4v) is 4.48. The number of phenols is 1. The summed E-state index contributed by atoms with van der Waals surface area (Å²) < 4.78 is 0. The molecule has 216 valence electrons. The Labute approximate surface area is 228 Å². The number of carbonyl (C=O) groups excluding carboxylic acids is 3. The number of rotatable bonds is 14. The van der Waals surface area contributed by atoms with E-state index >= 15 is 0 Å². The first-order valence-corrected chi connectivity index (χ1v) is 13.1. The first-order valence-electron chi connectivity index (χ1n) is 13.1. The molecule has 1 aliphatic rings. The molecule has 10 N–H and O–H groups in total. The summed E-state index contributed by atoms with van der Waals surface area (Å²) in [4.78, 5) is 56.5. The zero-order valence-electron chi connectivity index (χ0n) is 22.5. The lowest BCUT2D eigenvalue weighted by molar-refractivity contribution is -0.145. The van der Waals surface area contributed by atoms with Crippen molar-refractivity contribution in [3.05, 3.63) is 29.8 Å². The molecule has 4 unspecified atom stereocenters. The molecule has 0 radical (unpaired) electrons.